The molecule has 0 bridgehead atoms. The average Bonchev–Trinajstić information content (AvgIpc) is 3.63. The van der Waals surface area contributed by atoms with E-state index in [9.17, 15) is 9.59 Å². The van der Waals surface area contributed by atoms with E-state index in [1.54, 1.807) is 0 Å². The predicted octanol–water partition coefficient (Wildman–Crippen LogP) is 4.31. The van der Waals surface area contributed by atoms with Crippen LogP contribution in [0.15, 0.2) is 131 Å². The normalized spacial score (nSPS) is 12.8. The third-order valence-electron chi connectivity index (χ3n) is 6.35. The zero-order valence-corrected chi connectivity index (χ0v) is 18.4. The molecule has 0 spiro atoms. The zero-order chi connectivity index (χ0) is 23.1. The minimum atomic E-state index is -0.179. The first-order valence-corrected chi connectivity index (χ1v) is 11.3. The van der Waals surface area contributed by atoms with Crippen LogP contribution in [0.1, 0.15) is 22.3 Å². The number of hydrogen-bond donors (Lipinski definition) is 0. The van der Waals surface area contributed by atoms with E-state index in [1.165, 1.54) is 0 Å². The van der Waals surface area contributed by atoms with Crippen molar-refractivity contribution in [2.24, 2.45) is 0 Å². The van der Waals surface area contributed by atoms with Crippen molar-refractivity contribution < 1.29 is 0 Å². The van der Waals surface area contributed by atoms with Crippen molar-refractivity contribution in [2.75, 3.05) is 0 Å². The van der Waals surface area contributed by atoms with Gasteiger partial charge in [0.2, 0.25) is 10.9 Å². The monoisotopic (exact) mass is 436 g/mol. The molecule has 0 heterocycles. The number of allylic oxidation sites excluding steroid dienone is 2. The van der Waals surface area contributed by atoms with Crippen LogP contribution in [-0.4, -0.2) is 0 Å². The van der Waals surface area contributed by atoms with Crippen molar-refractivity contribution in [1.29, 1.82) is 0 Å². The lowest BCUT2D eigenvalue weighted by Gasteiger charge is -2.09. The Morgan fingerprint density at radius 2 is 0.765 bits per heavy atom. The maximum absolute atomic E-state index is 13.6. The topological polar surface area (TPSA) is 34.1 Å². The summed E-state index contributed by atoms with van der Waals surface area (Å²) in [5.41, 5.74) is 6.88. The molecule has 5 aromatic carbocycles. The highest BCUT2D eigenvalue weighted by Gasteiger charge is 2.35. The molecule has 0 N–H and O–H groups in total. The first-order valence-electron chi connectivity index (χ1n) is 11.3. The van der Waals surface area contributed by atoms with Gasteiger partial charge in [-0.25, -0.2) is 0 Å². The summed E-state index contributed by atoms with van der Waals surface area (Å²) < 4.78 is 0. The standard InChI is InChI=1S/C32H20O2/c33-31-29(25(21-13-5-1-6-14-21)22-15-7-2-8-16-22)32(34)30(31)28-26(23-17-9-3-10-18-23)27(28)24-19-11-4-12-20-24/h1-20H. The molecule has 0 atom stereocenters. The van der Waals surface area contributed by atoms with Crippen LogP contribution < -0.4 is 21.3 Å². The van der Waals surface area contributed by atoms with Crippen LogP contribution in [0.4, 0.5) is 0 Å². The van der Waals surface area contributed by atoms with Gasteiger partial charge in [0.25, 0.3) is 0 Å². The molecule has 2 nitrogen and oxygen atoms in total. The van der Waals surface area contributed by atoms with Gasteiger partial charge in [0.05, 0.1) is 10.4 Å². The van der Waals surface area contributed by atoms with E-state index < -0.39 is 0 Å². The van der Waals surface area contributed by atoms with Crippen molar-refractivity contribution >= 4 is 22.3 Å². The van der Waals surface area contributed by atoms with Crippen molar-refractivity contribution in [1.82, 2.24) is 0 Å². The second-order valence-electron chi connectivity index (χ2n) is 8.37. The molecule has 0 saturated heterocycles. The molecule has 34 heavy (non-hydrogen) atoms. The highest BCUT2D eigenvalue weighted by Crippen LogP contribution is 2.52. The lowest BCUT2D eigenvalue weighted by atomic mass is 9.92. The Hall–Kier alpha value is -4.56. The smallest absolute Gasteiger partial charge is 0.202 e. The van der Waals surface area contributed by atoms with E-state index in [1.807, 2.05) is 121 Å². The molecule has 6 rings (SSSR count). The van der Waals surface area contributed by atoms with Crippen molar-refractivity contribution in [3.63, 3.8) is 0 Å². The molecule has 0 fully saturated rings. The quantitative estimate of drug-likeness (QED) is 0.421. The third kappa shape index (κ3) is 3.20. The minimum Gasteiger partial charge on any atom is -0.288 e. The Bertz CT molecular complexity index is 1610. The first kappa shape index (κ1) is 20.1. The predicted molar refractivity (Wildman–Crippen MR) is 138 cm³/mol. The van der Waals surface area contributed by atoms with Gasteiger partial charge in [-0.3, -0.25) is 9.59 Å². The summed E-state index contributed by atoms with van der Waals surface area (Å²) in [5, 5.41) is 0.573. The summed E-state index contributed by atoms with van der Waals surface area (Å²) in [6, 6.07) is 39.3. The van der Waals surface area contributed by atoms with E-state index in [-0.39, 0.29) is 16.1 Å². The molecule has 0 unspecified atom stereocenters. The maximum Gasteiger partial charge on any atom is 0.202 e. The maximum atomic E-state index is 13.6. The van der Waals surface area contributed by atoms with Crippen LogP contribution in [0.5, 0.6) is 0 Å². The van der Waals surface area contributed by atoms with Crippen molar-refractivity contribution in [3.8, 4) is 0 Å². The van der Waals surface area contributed by atoms with Gasteiger partial charge in [0.1, 0.15) is 0 Å². The largest absolute Gasteiger partial charge is 0.288 e. The second-order valence-corrected chi connectivity index (χ2v) is 8.37. The van der Waals surface area contributed by atoms with Crippen LogP contribution in [0, 0.1) is 0 Å². The number of hydrogen-bond acceptors (Lipinski definition) is 2. The second kappa shape index (κ2) is 8.09. The van der Waals surface area contributed by atoms with Gasteiger partial charge in [-0.2, -0.15) is 0 Å². The van der Waals surface area contributed by atoms with E-state index in [4.69, 9.17) is 0 Å². The molecule has 0 aliphatic heterocycles. The van der Waals surface area contributed by atoms with E-state index in [0.717, 1.165) is 39.0 Å². The molecule has 2 heteroatoms. The lowest BCUT2D eigenvalue weighted by Crippen LogP contribution is -2.65. The number of rotatable bonds is 4. The molecule has 1 aliphatic carbocycles. The van der Waals surface area contributed by atoms with Crippen LogP contribution in [0.3, 0.4) is 0 Å². The van der Waals surface area contributed by atoms with E-state index in [2.05, 4.69) is 0 Å². The molecule has 160 valence electrons. The van der Waals surface area contributed by atoms with Crippen LogP contribution in [-0.2, 0) is 0 Å². The van der Waals surface area contributed by atoms with Gasteiger partial charge >= 0.3 is 0 Å². The molecular weight excluding hydrogens is 416 g/mol. The van der Waals surface area contributed by atoms with Gasteiger partial charge in [0.15, 0.2) is 0 Å². The summed E-state index contributed by atoms with van der Waals surface area (Å²) in [6.45, 7) is 0. The Morgan fingerprint density at radius 3 is 1.15 bits per heavy atom. The molecule has 1 aliphatic rings. The van der Waals surface area contributed by atoms with Crippen LogP contribution in [0.25, 0.3) is 22.3 Å². The third-order valence-corrected chi connectivity index (χ3v) is 6.35. The fraction of sp³-hybridized carbons (Fsp3) is 0. The molecule has 0 aromatic heterocycles. The van der Waals surface area contributed by atoms with Gasteiger partial charge in [-0.15, -0.1) is 0 Å². The van der Waals surface area contributed by atoms with Gasteiger partial charge in [0, 0.05) is 11.1 Å². The molecule has 0 saturated carbocycles. The van der Waals surface area contributed by atoms with Gasteiger partial charge in [-0.1, -0.05) is 121 Å². The summed E-state index contributed by atoms with van der Waals surface area (Å²) in [4.78, 5) is 27.3. The summed E-state index contributed by atoms with van der Waals surface area (Å²) in [5.74, 6) is 0. The molecule has 5 aromatic rings. The van der Waals surface area contributed by atoms with Crippen molar-refractivity contribution in [3.05, 3.63) is 174 Å². The van der Waals surface area contributed by atoms with Crippen LogP contribution in [0.2, 0.25) is 0 Å². The van der Waals surface area contributed by atoms with Crippen molar-refractivity contribution in [2.45, 2.75) is 0 Å². The van der Waals surface area contributed by atoms with Gasteiger partial charge in [-0.05, 0) is 33.4 Å². The Labute approximate surface area is 196 Å². The molecule has 0 radical (unpaired) electrons. The lowest BCUT2D eigenvalue weighted by molar-refractivity contribution is 1.25. The fourth-order valence-corrected chi connectivity index (χ4v) is 4.74. The average molecular weight is 437 g/mol. The first-order chi connectivity index (χ1) is 16.8. The summed E-state index contributed by atoms with van der Waals surface area (Å²) in [6.07, 6.45) is 0. The van der Waals surface area contributed by atoms with Gasteiger partial charge < -0.3 is 0 Å². The number of benzene rings is 4. The molecular formula is C32H20O2. The zero-order valence-electron chi connectivity index (χ0n) is 18.4. The Balaban J connectivity index is 1.64. The highest BCUT2D eigenvalue weighted by atomic mass is 16.1. The van der Waals surface area contributed by atoms with E-state index in [0.29, 0.717) is 10.8 Å². The Kier molecular flexibility index (Phi) is 4.78. The Morgan fingerprint density at radius 1 is 0.412 bits per heavy atom. The SMILES string of the molecule is O=c1c(=C2C(c3ccccc3)=C2c2ccccc2)c(=O)c1=C(c1ccccc1)c1ccccc1. The highest BCUT2D eigenvalue weighted by molar-refractivity contribution is 6.44. The fourth-order valence-electron chi connectivity index (χ4n) is 4.74. The van der Waals surface area contributed by atoms with Crippen LogP contribution >= 0.6 is 0 Å². The van der Waals surface area contributed by atoms with E-state index >= 15 is 0 Å². The summed E-state index contributed by atoms with van der Waals surface area (Å²) >= 11 is 0. The summed E-state index contributed by atoms with van der Waals surface area (Å²) in [7, 11) is 0. The minimum absolute atomic E-state index is 0.179. The molecule has 0 amide bonds.